The fourth-order valence-electron chi connectivity index (χ4n) is 1.98. The molecule has 112 valence electrons. The second-order valence-electron chi connectivity index (χ2n) is 4.58. The number of para-hydroxylation sites is 2. The minimum atomic E-state index is -3.87. The summed E-state index contributed by atoms with van der Waals surface area (Å²) in [6, 6.07) is 12.9. The van der Waals surface area contributed by atoms with Crippen LogP contribution in [-0.2, 0) is 10.0 Å². The molecule has 0 spiro atoms. The minimum absolute atomic E-state index is 0.00268. The molecule has 3 aromatic rings. The van der Waals surface area contributed by atoms with Crippen LogP contribution in [-0.4, -0.2) is 13.5 Å². The third-order valence-electron chi connectivity index (χ3n) is 3.05. The maximum atomic E-state index is 12.3. The summed E-state index contributed by atoms with van der Waals surface area (Å²) in [4.78, 5) is 11.1. The topological polar surface area (TPSA) is 96.6 Å². The van der Waals surface area contributed by atoms with Crippen molar-refractivity contribution in [2.45, 2.75) is 4.90 Å². The minimum Gasteiger partial charge on any atom is -0.506 e. The van der Waals surface area contributed by atoms with Crippen molar-refractivity contribution in [2.24, 2.45) is 0 Å². The maximum Gasteiger partial charge on any atom is 0.336 e. The molecule has 0 aliphatic heterocycles. The standard InChI is InChI=1S/C15H11NO5S/c17-13-4-2-1-3-12(13)16-22(19,20)11-6-7-14-10(9-11)5-8-15(18)21-14/h1-9,16-17H. The van der Waals surface area contributed by atoms with Crippen LogP contribution < -0.4 is 10.3 Å². The lowest BCUT2D eigenvalue weighted by Crippen LogP contribution is -2.13. The highest BCUT2D eigenvalue weighted by molar-refractivity contribution is 7.92. The third kappa shape index (κ3) is 2.66. The summed E-state index contributed by atoms with van der Waals surface area (Å²) in [5, 5.41) is 10.1. The predicted molar refractivity (Wildman–Crippen MR) is 81.4 cm³/mol. The van der Waals surface area contributed by atoms with Gasteiger partial charge in [0.1, 0.15) is 11.3 Å². The van der Waals surface area contributed by atoms with Gasteiger partial charge in [-0.25, -0.2) is 13.2 Å². The van der Waals surface area contributed by atoms with E-state index in [1.54, 1.807) is 12.1 Å². The Kier molecular flexibility index (Phi) is 3.34. The van der Waals surface area contributed by atoms with E-state index in [-0.39, 0.29) is 16.3 Å². The van der Waals surface area contributed by atoms with Gasteiger partial charge in [0.25, 0.3) is 10.0 Å². The number of fused-ring (bicyclic) bond motifs is 1. The Balaban J connectivity index is 2.04. The van der Waals surface area contributed by atoms with E-state index < -0.39 is 15.6 Å². The highest BCUT2D eigenvalue weighted by Crippen LogP contribution is 2.26. The Morgan fingerprint density at radius 1 is 1.00 bits per heavy atom. The summed E-state index contributed by atoms with van der Waals surface area (Å²) in [6.45, 7) is 0. The first kappa shape index (κ1) is 14.2. The van der Waals surface area contributed by atoms with Crippen molar-refractivity contribution in [2.75, 3.05) is 4.72 Å². The molecule has 0 fully saturated rings. The smallest absolute Gasteiger partial charge is 0.336 e. The summed E-state index contributed by atoms with van der Waals surface area (Å²) in [5.41, 5.74) is -0.119. The van der Waals surface area contributed by atoms with Gasteiger partial charge in [-0.3, -0.25) is 4.72 Å². The van der Waals surface area contributed by atoms with Gasteiger partial charge in [0, 0.05) is 11.5 Å². The predicted octanol–water partition coefficient (Wildman–Crippen LogP) is 2.30. The first-order valence-corrected chi connectivity index (χ1v) is 7.79. The van der Waals surface area contributed by atoms with Crippen LogP contribution in [0.1, 0.15) is 0 Å². The van der Waals surface area contributed by atoms with Gasteiger partial charge < -0.3 is 9.52 Å². The molecule has 6 nitrogen and oxygen atoms in total. The first-order valence-electron chi connectivity index (χ1n) is 6.30. The summed E-state index contributed by atoms with van der Waals surface area (Å²) >= 11 is 0. The molecule has 0 amide bonds. The van der Waals surface area contributed by atoms with Crippen molar-refractivity contribution in [3.8, 4) is 5.75 Å². The number of sulfonamides is 1. The molecular weight excluding hydrogens is 306 g/mol. The highest BCUT2D eigenvalue weighted by Gasteiger charge is 2.16. The first-order chi connectivity index (χ1) is 10.5. The van der Waals surface area contributed by atoms with E-state index >= 15 is 0 Å². The van der Waals surface area contributed by atoms with Gasteiger partial charge in [0.15, 0.2) is 0 Å². The number of hydrogen-bond acceptors (Lipinski definition) is 5. The van der Waals surface area contributed by atoms with E-state index in [4.69, 9.17) is 4.42 Å². The molecule has 2 N–H and O–H groups in total. The van der Waals surface area contributed by atoms with Crippen LogP contribution in [0.25, 0.3) is 11.0 Å². The number of phenolic OH excluding ortho intramolecular Hbond substituents is 1. The molecule has 0 saturated carbocycles. The fourth-order valence-corrected chi connectivity index (χ4v) is 3.09. The van der Waals surface area contributed by atoms with Crippen molar-refractivity contribution >= 4 is 26.7 Å². The van der Waals surface area contributed by atoms with Gasteiger partial charge >= 0.3 is 5.63 Å². The Morgan fingerprint density at radius 2 is 1.77 bits per heavy atom. The second kappa shape index (κ2) is 5.19. The Morgan fingerprint density at radius 3 is 2.55 bits per heavy atom. The number of anilines is 1. The SMILES string of the molecule is O=c1ccc2cc(S(=O)(=O)Nc3ccccc3O)ccc2o1. The van der Waals surface area contributed by atoms with Crippen LogP contribution >= 0.6 is 0 Å². The molecule has 7 heteroatoms. The van der Waals surface area contributed by atoms with Gasteiger partial charge in [-0.05, 0) is 36.4 Å². The lowest BCUT2D eigenvalue weighted by Gasteiger charge is -2.09. The van der Waals surface area contributed by atoms with Crippen molar-refractivity contribution < 1.29 is 17.9 Å². The molecule has 1 aromatic heterocycles. The van der Waals surface area contributed by atoms with Crippen molar-refractivity contribution in [3.05, 3.63) is 65.0 Å². The molecule has 3 rings (SSSR count). The fraction of sp³-hybridized carbons (Fsp3) is 0. The quantitative estimate of drug-likeness (QED) is 0.571. The summed E-state index contributed by atoms with van der Waals surface area (Å²) < 4.78 is 32.0. The third-order valence-corrected chi connectivity index (χ3v) is 4.41. The van der Waals surface area contributed by atoms with E-state index in [9.17, 15) is 18.3 Å². The monoisotopic (exact) mass is 317 g/mol. The molecular formula is C15H11NO5S. The van der Waals surface area contributed by atoms with Gasteiger partial charge in [0.2, 0.25) is 0 Å². The number of nitrogens with one attached hydrogen (secondary N) is 1. The molecule has 22 heavy (non-hydrogen) atoms. The van der Waals surface area contributed by atoms with Crippen molar-refractivity contribution in [1.82, 2.24) is 0 Å². The number of hydrogen-bond donors (Lipinski definition) is 2. The van der Waals surface area contributed by atoms with E-state index in [0.29, 0.717) is 11.0 Å². The zero-order chi connectivity index (χ0) is 15.7. The lowest BCUT2D eigenvalue weighted by atomic mass is 10.2. The normalized spacial score (nSPS) is 11.5. The average Bonchev–Trinajstić information content (AvgIpc) is 2.49. The Hall–Kier alpha value is -2.80. The van der Waals surface area contributed by atoms with Crippen LogP contribution in [0.5, 0.6) is 5.75 Å². The molecule has 0 saturated heterocycles. The second-order valence-corrected chi connectivity index (χ2v) is 6.26. The van der Waals surface area contributed by atoms with Crippen LogP contribution in [0, 0.1) is 0 Å². The van der Waals surface area contributed by atoms with E-state index in [2.05, 4.69) is 4.72 Å². The van der Waals surface area contributed by atoms with Crippen molar-refractivity contribution in [1.29, 1.82) is 0 Å². The van der Waals surface area contributed by atoms with Gasteiger partial charge in [-0.15, -0.1) is 0 Å². The zero-order valence-electron chi connectivity index (χ0n) is 11.2. The Labute approximate surface area is 125 Å². The number of rotatable bonds is 3. The number of benzene rings is 2. The summed E-state index contributed by atoms with van der Waals surface area (Å²) in [6.07, 6.45) is 0. The van der Waals surface area contributed by atoms with Crippen LogP contribution in [0.3, 0.4) is 0 Å². The molecule has 0 aliphatic rings. The molecule has 0 unspecified atom stereocenters. The van der Waals surface area contributed by atoms with E-state index in [0.717, 1.165) is 0 Å². The lowest BCUT2D eigenvalue weighted by molar-refractivity contribution is 0.477. The number of aromatic hydroxyl groups is 1. The number of phenols is 1. The summed E-state index contributed by atoms with van der Waals surface area (Å²) in [5.74, 6) is -0.169. The van der Waals surface area contributed by atoms with Crippen LogP contribution in [0.4, 0.5) is 5.69 Å². The molecule has 1 heterocycles. The van der Waals surface area contributed by atoms with E-state index in [1.807, 2.05) is 0 Å². The highest BCUT2D eigenvalue weighted by atomic mass is 32.2. The van der Waals surface area contributed by atoms with Crippen molar-refractivity contribution in [3.63, 3.8) is 0 Å². The maximum absolute atomic E-state index is 12.3. The van der Waals surface area contributed by atoms with Gasteiger partial charge in [-0.1, -0.05) is 12.1 Å². The molecule has 0 radical (unpaired) electrons. The van der Waals surface area contributed by atoms with Gasteiger partial charge in [-0.2, -0.15) is 0 Å². The Bertz CT molecular complexity index is 1010. The van der Waals surface area contributed by atoms with Crippen LogP contribution in [0.2, 0.25) is 0 Å². The average molecular weight is 317 g/mol. The molecule has 0 atom stereocenters. The van der Waals surface area contributed by atoms with Crippen LogP contribution in [0.15, 0.2) is 68.7 Å². The molecule has 0 bridgehead atoms. The summed E-state index contributed by atoms with van der Waals surface area (Å²) in [7, 11) is -3.87. The molecule has 0 aliphatic carbocycles. The zero-order valence-corrected chi connectivity index (χ0v) is 12.0. The molecule has 2 aromatic carbocycles. The van der Waals surface area contributed by atoms with E-state index in [1.165, 1.54) is 42.5 Å². The van der Waals surface area contributed by atoms with Gasteiger partial charge in [0.05, 0.1) is 10.6 Å². The largest absolute Gasteiger partial charge is 0.506 e.